The van der Waals surface area contributed by atoms with Crippen molar-refractivity contribution in [2.75, 3.05) is 24.6 Å². The molecule has 0 heterocycles. The molecule has 0 spiro atoms. The third-order valence-electron chi connectivity index (χ3n) is 6.15. The Labute approximate surface area is 204 Å². The maximum Gasteiger partial charge on any atom is 0.407 e. The Morgan fingerprint density at radius 3 is 2.09 bits per heavy atom. The predicted molar refractivity (Wildman–Crippen MR) is 133 cm³/mol. The number of fused-ring (bicyclic) bond motifs is 3. The molecule has 0 unspecified atom stereocenters. The van der Waals surface area contributed by atoms with E-state index in [1.165, 1.54) is 4.90 Å². The van der Waals surface area contributed by atoms with Crippen LogP contribution >= 0.6 is 0 Å². The van der Waals surface area contributed by atoms with Gasteiger partial charge in [0.2, 0.25) is 5.91 Å². The Balaban J connectivity index is 1.31. The van der Waals surface area contributed by atoms with E-state index in [1.807, 2.05) is 43.3 Å². The minimum atomic E-state index is -0.980. The molecule has 3 aromatic carbocycles. The van der Waals surface area contributed by atoms with Gasteiger partial charge < -0.3 is 20.1 Å². The molecule has 1 aliphatic rings. The number of rotatable bonds is 9. The van der Waals surface area contributed by atoms with Crippen molar-refractivity contribution in [3.05, 3.63) is 89.5 Å². The lowest BCUT2D eigenvalue weighted by Gasteiger charge is -2.22. The van der Waals surface area contributed by atoms with Gasteiger partial charge in [-0.05, 0) is 41.3 Å². The van der Waals surface area contributed by atoms with Gasteiger partial charge in [-0.3, -0.25) is 9.59 Å². The summed E-state index contributed by atoms with van der Waals surface area (Å²) in [5.41, 5.74) is 6.23. The fourth-order valence-electron chi connectivity index (χ4n) is 4.39. The SMILES string of the molecule is Cc1ccc(N(CCC(=O)O)C(=O)CCNC(=O)OCC2c3ccccc3-c3ccccc32)cc1. The van der Waals surface area contributed by atoms with Crippen LogP contribution in [0.4, 0.5) is 10.5 Å². The number of carboxylic acid groups (broad SMARTS) is 1. The Bertz CT molecular complexity index is 1180. The number of alkyl carbamates (subject to hydrolysis) is 1. The van der Waals surface area contributed by atoms with Crippen LogP contribution in [0.1, 0.15) is 35.4 Å². The van der Waals surface area contributed by atoms with E-state index in [9.17, 15) is 14.4 Å². The molecule has 2 amide bonds. The van der Waals surface area contributed by atoms with Crippen molar-refractivity contribution in [3.63, 3.8) is 0 Å². The molecule has 0 saturated carbocycles. The molecule has 0 saturated heterocycles. The second kappa shape index (κ2) is 10.9. The van der Waals surface area contributed by atoms with Crippen molar-refractivity contribution in [2.24, 2.45) is 0 Å². The third-order valence-corrected chi connectivity index (χ3v) is 6.15. The van der Waals surface area contributed by atoms with Crippen molar-refractivity contribution >= 4 is 23.7 Å². The normalized spacial score (nSPS) is 11.9. The first kappa shape index (κ1) is 24.0. The zero-order valence-corrected chi connectivity index (χ0v) is 19.6. The summed E-state index contributed by atoms with van der Waals surface area (Å²) in [6.07, 6.45) is -0.732. The standard InChI is InChI=1S/C28H28N2O5/c1-19-10-12-20(13-11-19)30(17-15-27(32)33)26(31)14-16-29-28(34)35-18-25-23-8-4-2-6-21(23)22-7-3-5-9-24(22)25/h2-13,25H,14-18H2,1H3,(H,29,34)(H,32,33). The molecular weight excluding hydrogens is 444 g/mol. The first-order valence-corrected chi connectivity index (χ1v) is 11.6. The lowest BCUT2D eigenvalue weighted by Crippen LogP contribution is -2.36. The summed E-state index contributed by atoms with van der Waals surface area (Å²) >= 11 is 0. The topological polar surface area (TPSA) is 95.9 Å². The van der Waals surface area contributed by atoms with Crippen LogP contribution in [-0.4, -0.2) is 42.8 Å². The average molecular weight is 473 g/mol. The third kappa shape index (κ3) is 5.69. The van der Waals surface area contributed by atoms with Gasteiger partial charge in [0, 0.05) is 31.1 Å². The van der Waals surface area contributed by atoms with E-state index < -0.39 is 12.1 Å². The van der Waals surface area contributed by atoms with Crippen molar-refractivity contribution in [3.8, 4) is 11.1 Å². The van der Waals surface area contributed by atoms with Crippen molar-refractivity contribution in [1.82, 2.24) is 5.32 Å². The van der Waals surface area contributed by atoms with E-state index in [4.69, 9.17) is 9.84 Å². The van der Waals surface area contributed by atoms with Crippen LogP contribution < -0.4 is 10.2 Å². The number of aryl methyl sites for hydroxylation is 1. The molecule has 3 aromatic rings. The zero-order valence-electron chi connectivity index (χ0n) is 19.6. The van der Waals surface area contributed by atoms with E-state index in [-0.39, 0.29) is 44.4 Å². The van der Waals surface area contributed by atoms with Crippen LogP contribution in [0, 0.1) is 6.92 Å². The Hall–Kier alpha value is -4.13. The quantitative estimate of drug-likeness (QED) is 0.469. The van der Waals surface area contributed by atoms with Gasteiger partial charge in [-0.2, -0.15) is 0 Å². The number of amides is 2. The number of carboxylic acids is 1. The smallest absolute Gasteiger partial charge is 0.407 e. The van der Waals surface area contributed by atoms with E-state index >= 15 is 0 Å². The Morgan fingerprint density at radius 2 is 1.49 bits per heavy atom. The van der Waals surface area contributed by atoms with Gasteiger partial charge in [0.15, 0.2) is 0 Å². The number of nitrogens with one attached hydrogen (secondary N) is 1. The highest BCUT2D eigenvalue weighted by Crippen LogP contribution is 2.44. The molecule has 180 valence electrons. The van der Waals surface area contributed by atoms with E-state index in [0.717, 1.165) is 27.8 Å². The molecule has 0 radical (unpaired) electrons. The maximum atomic E-state index is 12.8. The summed E-state index contributed by atoms with van der Waals surface area (Å²) < 4.78 is 5.51. The van der Waals surface area contributed by atoms with Gasteiger partial charge in [0.05, 0.1) is 6.42 Å². The molecule has 7 heteroatoms. The molecule has 0 atom stereocenters. The minimum Gasteiger partial charge on any atom is -0.481 e. The van der Waals surface area contributed by atoms with Gasteiger partial charge >= 0.3 is 12.1 Å². The van der Waals surface area contributed by atoms with Crippen LogP contribution in [-0.2, 0) is 14.3 Å². The molecule has 0 aliphatic heterocycles. The summed E-state index contributed by atoms with van der Waals surface area (Å²) in [7, 11) is 0. The number of hydrogen-bond acceptors (Lipinski definition) is 4. The molecule has 0 aromatic heterocycles. The number of carbonyl (C=O) groups is 3. The van der Waals surface area contributed by atoms with Crippen LogP contribution in [0.25, 0.3) is 11.1 Å². The Kier molecular flexibility index (Phi) is 7.45. The average Bonchev–Trinajstić information content (AvgIpc) is 3.17. The molecular formula is C28H28N2O5. The summed E-state index contributed by atoms with van der Waals surface area (Å²) in [5.74, 6) is -1.29. The number of hydrogen-bond donors (Lipinski definition) is 2. The molecule has 35 heavy (non-hydrogen) atoms. The van der Waals surface area contributed by atoms with Crippen LogP contribution in [0.5, 0.6) is 0 Å². The summed E-state index contributed by atoms with van der Waals surface area (Å²) in [6, 6.07) is 23.5. The van der Waals surface area contributed by atoms with Crippen LogP contribution in [0.3, 0.4) is 0 Å². The molecule has 2 N–H and O–H groups in total. The molecule has 0 bridgehead atoms. The van der Waals surface area contributed by atoms with Crippen molar-refractivity contribution < 1.29 is 24.2 Å². The number of aliphatic carboxylic acids is 1. The van der Waals surface area contributed by atoms with E-state index in [1.54, 1.807) is 12.1 Å². The van der Waals surface area contributed by atoms with Crippen LogP contribution in [0.2, 0.25) is 0 Å². The monoisotopic (exact) mass is 472 g/mol. The van der Waals surface area contributed by atoms with Gasteiger partial charge in [-0.1, -0.05) is 66.2 Å². The van der Waals surface area contributed by atoms with Gasteiger partial charge in [-0.15, -0.1) is 0 Å². The van der Waals surface area contributed by atoms with E-state index in [0.29, 0.717) is 5.69 Å². The number of nitrogens with zero attached hydrogens (tertiary/aromatic N) is 1. The fraction of sp³-hybridized carbons (Fsp3) is 0.250. The largest absolute Gasteiger partial charge is 0.481 e. The lowest BCUT2D eigenvalue weighted by atomic mass is 9.98. The number of anilines is 1. The maximum absolute atomic E-state index is 12.8. The highest BCUT2D eigenvalue weighted by Gasteiger charge is 2.29. The van der Waals surface area contributed by atoms with Gasteiger partial charge in [0.1, 0.15) is 6.61 Å². The first-order chi connectivity index (χ1) is 16.9. The van der Waals surface area contributed by atoms with Crippen LogP contribution in [0.15, 0.2) is 72.8 Å². The van der Waals surface area contributed by atoms with Gasteiger partial charge in [-0.25, -0.2) is 4.79 Å². The highest BCUT2D eigenvalue weighted by atomic mass is 16.5. The lowest BCUT2D eigenvalue weighted by molar-refractivity contribution is -0.136. The Morgan fingerprint density at radius 1 is 0.886 bits per heavy atom. The number of benzene rings is 3. The molecule has 7 nitrogen and oxygen atoms in total. The number of ether oxygens (including phenoxy) is 1. The minimum absolute atomic E-state index is 0.0255. The molecule has 0 fully saturated rings. The highest BCUT2D eigenvalue weighted by molar-refractivity contribution is 5.94. The summed E-state index contributed by atoms with van der Waals surface area (Å²) in [6.45, 7) is 2.28. The van der Waals surface area contributed by atoms with E-state index in [2.05, 4.69) is 29.6 Å². The fourth-order valence-corrected chi connectivity index (χ4v) is 4.39. The second-order valence-electron chi connectivity index (χ2n) is 8.53. The van der Waals surface area contributed by atoms with Crippen molar-refractivity contribution in [1.29, 1.82) is 0 Å². The predicted octanol–water partition coefficient (Wildman–Crippen LogP) is 4.73. The molecule has 1 aliphatic carbocycles. The summed E-state index contributed by atoms with van der Waals surface area (Å²) in [5, 5.41) is 11.7. The number of carbonyl (C=O) groups excluding carboxylic acids is 2. The summed E-state index contributed by atoms with van der Waals surface area (Å²) in [4.78, 5) is 37.6. The van der Waals surface area contributed by atoms with Crippen molar-refractivity contribution in [2.45, 2.75) is 25.7 Å². The first-order valence-electron chi connectivity index (χ1n) is 11.6. The molecule has 4 rings (SSSR count). The zero-order chi connectivity index (χ0) is 24.8. The second-order valence-corrected chi connectivity index (χ2v) is 8.53. The van der Waals surface area contributed by atoms with Gasteiger partial charge in [0.25, 0.3) is 0 Å².